The second-order valence-corrected chi connectivity index (χ2v) is 4.18. The van der Waals surface area contributed by atoms with Crippen LogP contribution in [0.15, 0.2) is 0 Å². The summed E-state index contributed by atoms with van der Waals surface area (Å²) < 4.78 is 0. The van der Waals surface area contributed by atoms with E-state index in [0.717, 1.165) is 12.4 Å². The Morgan fingerprint density at radius 3 is 3.27 bits per heavy atom. The largest absolute Gasteiger partial charge is 0.369 e. The maximum absolute atomic E-state index is 4.42. The molecule has 0 aromatic carbocycles. The molecule has 1 aromatic heterocycles. The Hall–Kier alpha value is -0.570. The minimum absolute atomic E-state index is 1.09. The Labute approximate surface area is 70.7 Å². The van der Waals surface area contributed by atoms with Gasteiger partial charge in [0.2, 0.25) is 0 Å². The van der Waals surface area contributed by atoms with E-state index in [9.17, 15) is 0 Å². The zero-order valence-electron chi connectivity index (χ0n) is 6.68. The number of thiazole rings is 1. The van der Waals surface area contributed by atoms with E-state index in [-0.39, 0.29) is 0 Å². The molecule has 1 aliphatic heterocycles. The molecule has 0 unspecified atom stereocenters. The van der Waals surface area contributed by atoms with Crippen molar-refractivity contribution in [1.29, 1.82) is 0 Å². The van der Waals surface area contributed by atoms with Crippen LogP contribution in [-0.2, 0) is 6.42 Å². The second kappa shape index (κ2) is 2.81. The Bertz CT molecular complexity index is 231. The van der Waals surface area contributed by atoms with Crippen molar-refractivity contribution in [1.82, 2.24) is 4.98 Å². The minimum atomic E-state index is 1.09. The minimum Gasteiger partial charge on any atom is -0.369 e. The fraction of sp³-hybridized carbons (Fsp3) is 0.625. The van der Waals surface area contributed by atoms with Crippen LogP contribution in [0.2, 0.25) is 0 Å². The molecule has 1 aromatic rings. The molecule has 0 saturated heterocycles. The molecule has 0 saturated carbocycles. The lowest BCUT2D eigenvalue weighted by Gasteiger charge is -1.96. The Morgan fingerprint density at radius 2 is 2.36 bits per heavy atom. The molecule has 1 aliphatic rings. The van der Waals surface area contributed by atoms with Gasteiger partial charge in [0, 0.05) is 11.4 Å². The molecule has 0 spiro atoms. The molecule has 0 aliphatic carbocycles. The third-order valence-electron chi connectivity index (χ3n) is 1.93. The smallest absolute Gasteiger partial charge is 0.140 e. The van der Waals surface area contributed by atoms with Crippen molar-refractivity contribution in [3.63, 3.8) is 0 Å². The van der Waals surface area contributed by atoms with Crippen molar-refractivity contribution in [2.75, 3.05) is 11.9 Å². The molecule has 0 bridgehead atoms. The van der Waals surface area contributed by atoms with E-state index in [4.69, 9.17) is 0 Å². The van der Waals surface area contributed by atoms with Crippen LogP contribution in [0, 0.1) is 6.92 Å². The highest BCUT2D eigenvalue weighted by Gasteiger charge is 2.10. The molecule has 0 atom stereocenters. The van der Waals surface area contributed by atoms with Gasteiger partial charge in [0.1, 0.15) is 5.82 Å². The summed E-state index contributed by atoms with van der Waals surface area (Å²) in [6.07, 6.45) is 3.80. The molecule has 2 heterocycles. The van der Waals surface area contributed by atoms with Gasteiger partial charge in [-0.05, 0) is 26.2 Å². The van der Waals surface area contributed by atoms with Crippen LogP contribution in [0.5, 0.6) is 0 Å². The van der Waals surface area contributed by atoms with Gasteiger partial charge in [0.05, 0.1) is 5.01 Å². The average Bonchev–Trinajstić information content (AvgIpc) is 2.17. The van der Waals surface area contributed by atoms with E-state index in [1.807, 2.05) is 11.3 Å². The maximum Gasteiger partial charge on any atom is 0.140 e. The summed E-state index contributed by atoms with van der Waals surface area (Å²) in [5, 5.41) is 4.53. The Morgan fingerprint density at radius 1 is 1.45 bits per heavy atom. The number of anilines is 1. The molecule has 3 heteroatoms. The van der Waals surface area contributed by atoms with Crippen LogP contribution >= 0.6 is 11.3 Å². The average molecular weight is 168 g/mol. The molecule has 0 radical (unpaired) electrons. The fourth-order valence-electron chi connectivity index (χ4n) is 1.39. The second-order valence-electron chi connectivity index (χ2n) is 2.89. The van der Waals surface area contributed by atoms with Gasteiger partial charge >= 0.3 is 0 Å². The summed E-state index contributed by atoms with van der Waals surface area (Å²) in [5.41, 5.74) is 0. The van der Waals surface area contributed by atoms with Crippen molar-refractivity contribution in [3.05, 3.63) is 9.88 Å². The molecule has 1 N–H and O–H groups in total. The lowest BCUT2D eigenvalue weighted by molar-refractivity contribution is 0.790. The predicted molar refractivity (Wildman–Crippen MR) is 48.3 cm³/mol. The number of hydrogen-bond donors (Lipinski definition) is 1. The number of rotatable bonds is 0. The van der Waals surface area contributed by atoms with Crippen LogP contribution in [0.25, 0.3) is 0 Å². The highest BCUT2D eigenvalue weighted by Crippen LogP contribution is 2.26. The van der Waals surface area contributed by atoms with E-state index >= 15 is 0 Å². The number of nitrogens with zero attached hydrogens (tertiary/aromatic N) is 1. The zero-order valence-corrected chi connectivity index (χ0v) is 7.50. The van der Waals surface area contributed by atoms with E-state index < -0.39 is 0 Å². The van der Waals surface area contributed by atoms with Gasteiger partial charge in [-0.25, -0.2) is 4.98 Å². The van der Waals surface area contributed by atoms with Crippen LogP contribution in [0.3, 0.4) is 0 Å². The van der Waals surface area contributed by atoms with Crippen LogP contribution < -0.4 is 5.32 Å². The van der Waals surface area contributed by atoms with E-state index in [1.165, 1.54) is 29.1 Å². The summed E-state index contributed by atoms with van der Waals surface area (Å²) in [4.78, 5) is 5.86. The van der Waals surface area contributed by atoms with Crippen molar-refractivity contribution >= 4 is 17.2 Å². The molecule has 0 fully saturated rings. The first-order valence-corrected chi connectivity index (χ1v) is 4.88. The number of fused-ring (bicyclic) bond motifs is 1. The van der Waals surface area contributed by atoms with Crippen LogP contribution in [0.4, 0.5) is 5.82 Å². The summed E-state index contributed by atoms with van der Waals surface area (Å²) in [6.45, 7) is 3.16. The quantitative estimate of drug-likeness (QED) is 0.642. The van der Waals surface area contributed by atoms with E-state index in [1.54, 1.807) is 0 Å². The van der Waals surface area contributed by atoms with Gasteiger partial charge in [0.25, 0.3) is 0 Å². The first kappa shape index (κ1) is 7.10. The summed E-state index contributed by atoms with van der Waals surface area (Å²) >= 11 is 1.83. The third-order valence-corrected chi connectivity index (χ3v) is 2.96. The molecule has 60 valence electrons. The lowest BCUT2D eigenvalue weighted by atomic mass is 10.2. The zero-order chi connectivity index (χ0) is 7.68. The van der Waals surface area contributed by atoms with Gasteiger partial charge in [-0.15, -0.1) is 11.3 Å². The first-order valence-electron chi connectivity index (χ1n) is 4.06. The molecule has 2 nitrogen and oxygen atoms in total. The van der Waals surface area contributed by atoms with Gasteiger partial charge in [-0.1, -0.05) is 0 Å². The standard InChI is InChI=1S/C8H12N2S/c1-6-10-8-7(11-6)4-2-3-5-9-8/h9H,2-5H2,1H3. The van der Waals surface area contributed by atoms with Gasteiger partial charge in [-0.2, -0.15) is 0 Å². The number of aromatic nitrogens is 1. The third kappa shape index (κ3) is 1.38. The molecule has 11 heavy (non-hydrogen) atoms. The van der Waals surface area contributed by atoms with Crippen molar-refractivity contribution in [2.24, 2.45) is 0 Å². The van der Waals surface area contributed by atoms with Crippen LogP contribution in [-0.4, -0.2) is 11.5 Å². The summed E-state index contributed by atoms with van der Waals surface area (Å²) in [7, 11) is 0. The topological polar surface area (TPSA) is 24.9 Å². The number of nitrogens with one attached hydrogen (secondary N) is 1. The predicted octanol–water partition coefficient (Wildman–Crippen LogP) is 2.20. The van der Waals surface area contributed by atoms with Crippen molar-refractivity contribution in [2.45, 2.75) is 26.2 Å². The lowest BCUT2D eigenvalue weighted by Crippen LogP contribution is -1.99. The molecular formula is C8H12N2S. The van der Waals surface area contributed by atoms with Gasteiger partial charge < -0.3 is 5.32 Å². The van der Waals surface area contributed by atoms with Crippen molar-refractivity contribution < 1.29 is 0 Å². The van der Waals surface area contributed by atoms with E-state index in [2.05, 4.69) is 17.2 Å². The SMILES string of the molecule is Cc1nc2c(s1)CCCCN2. The number of aryl methyl sites for hydroxylation is 2. The fourth-order valence-corrected chi connectivity index (χ4v) is 2.35. The van der Waals surface area contributed by atoms with Crippen LogP contribution in [0.1, 0.15) is 22.7 Å². The monoisotopic (exact) mass is 168 g/mol. The van der Waals surface area contributed by atoms with Gasteiger partial charge in [-0.3, -0.25) is 0 Å². The molecule has 2 rings (SSSR count). The Kier molecular flexibility index (Phi) is 1.82. The highest BCUT2D eigenvalue weighted by atomic mass is 32.1. The normalized spacial score (nSPS) is 16.8. The molecule has 0 amide bonds. The first-order chi connectivity index (χ1) is 5.36. The summed E-state index contributed by atoms with van der Waals surface area (Å²) in [5.74, 6) is 1.14. The number of hydrogen-bond acceptors (Lipinski definition) is 3. The van der Waals surface area contributed by atoms with Gasteiger partial charge in [0.15, 0.2) is 0 Å². The molecular weight excluding hydrogens is 156 g/mol. The van der Waals surface area contributed by atoms with Crippen molar-refractivity contribution in [3.8, 4) is 0 Å². The van der Waals surface area contributed by atoms with E-state index in [0.29, 0.717) is 0 Å². The Balaban J connectivity index is 2.32. The maximum atomic E-state index is 4.42. The highest BCUT2D eigenvalue weighted by molar-refractivity contribution is 7.12. The summed E-state index contributed by atoms with van der Waals surface area (Å²) in [6, 6.07) is 0.